The highest BCUT2D eigenvalue weighted by molar-refractivity contribution is 6.33. The lowest BCUT2D eigenvalue weighted by atomic mass is 10.1. The van der Waals surface area contributed by atoms with Crippen LogP contribution < -0.4 is 5.32 Å². The third-order valence-electron chi connectivity index (χ3n) is 2.62. The number of hydrogen-bond donors (Lipinski definition) is 1. The van der Waals surface area contributed by atoms with Crippen LogP contribution in [0.5, 0.6) is 0 Å². The van der Waals surface area contributed by atoms with Gasteiger partial charge in [-0.1, -0.05) is 29.8 Å². The van der Waals surface area contributed by atoms with Gasteiger partial charge in [0.25, 0.3) is 0 Å². The summed E-state index contributed by atoms with van der Waals surface area (Å²) in [5.41, 5.74) is 0.350. The predicted octanol–water partition coefficient (Wildman–Crippen LogP) is 4.10. The van der Waals surface area contributed by atoms with E-state index in [0.29, 0.717) is 0 Å². The van der Waals surface area contributed by atoms with Crippen LogP contribution in [0.15, 0.2) is 36.4 Å². The summed E-state index contributed by atoms with van der Waals surface area (Å²) in [4.78, 5) is 0. The average molecular weight is 279 g/mol. The molecule has 2 aromatic carbocycles. The molecule has 0 radical (unpaired) electrons. The third-order valence-corrected chi connectivity index (χ3v) is 2.93. The van der Waals surface area contributed by atoms with Crippen molar-refractivity contribution in [1.82, 2.24) is 0 Å². The molecule has 0 aliphatic carbocycles. The van der Waals surface area contributed by atoms with Crippen molar-refractivity contribution in [3.63, 3.8) is 0 Å². The molecule has 0 aromatic heterocycles. The molecule has 2 aromatic rings. The number of rotatable bonds is 3. The van der Waals surface area contributed by atoms with Crippen LogP contribution in [0.1, 0.15) is 11.1 Å². The van der Waals surface area contributed by atoms with Crippen LogP contribution in [0.3, 0.4) is 0 Å². The predicted molar refractivity (Wildman–Crippen MR) is 69.9 cm³/mol. The van der Waals surface area contributed by atoms with Crippen LogP contribution in [0, 0.1) is 23.0 Å². The molecule has 0 heterocycles. The Bertz CT molecular complexity index is 630. The molecule has 0 amide bonds. The normalized spacial score (nSPS) is 10.0. The lowest BCUT2D eigenvalue weighted by Crippen LogP contribution is -2.05. The molecule has 0 spiro atoms. The van der Waals surface area contributed by atoms with E-state index < -0.39 is 11.6 Å². The van der Waals surface area contributed by atoms with Crippen molar-refractivity contribution in [2.24, 2.45) is 0 Å². The van der Waals surface area contributed by atoms with Crippen molar-refractivity contribution in [2.45, 2.75) is 6.54 Å². The first-order valence-corrected chi connectivity index (χ1v) is 5.86. The van der Waals surface area contributed by atoms with Gasteiger partial charge in [0, 0.05) is 12.1 Å². The summed E-state index contributed by atoms with van der Waals surface area (Å²) < 4.78 is 27.3. The van der Waals surface area contributed by atoms with Crippen LogP contribution in [0.4, 0.5) is 14.5 Å². The maximum Gasteiger partial charge on any atom is 0.147 e. The summed E-state index contributed by atoms with van der Waals surface area (Å²) in [5, 5.41) is 11.7. The molecule has 0 unspecified atom stereocenters. The molecule has 19 heavy (non-hydrogen) atoms. The van der Waals surface area contributed by atoms with E-state index in [4.69, 9.17) is 16.9 Å². The topological polar surface area (TPSA) is 35.8 Å². The number of nitriles is 1. The standard InChI is InChI=1S/C14H9ClF2N2/c15-11-5-2-6-12(16)14(11)19-8-10-4-1-3-9(7-18)13(10)17/h1-6,19H,8H2. The summed E-state index contributed by atoms with van der Waals surface area (Å²) >= 11 is 5.85. The second-order valence-corrected chi connectivity index (χ2v) is 4.25. The second kappa shape index (κ2) is 5.68. The van der Waals surface area contributed by atoms with Crippen LogP contribution in [-0.2, 0) is 6.54 Å². The summed E-state index contributed by atoms with van der Waals surface area (Å²) in [7, 11) is 0. The number of anilines is 1. The number of benzene rings is 2. The van der Waals surface area contributed by atoms with Gasteiger partial charge >= 0.3 is 0 Å². The van der Waals surface area contributed by atoms with E-state index in [9.17, 15) is 8.78 Å². The minimum absolute atomic E-state index is 0.0427. The van der Waals surface area contributed by atoms with Gasteiger partial charge in [0.2, 0.25) is 0 Å². The third kappa shape index (κ3) is 2.83. The van der Waals surface area contributed by atoms with Gasteiger partial charge in [-0.2, -0.15) is 5.26 Å². The van der Waals surface area contributed by atoms with E-state index in [1.807, 2.05) is 0 Å². The maximum absolute atomic E-state index is 13.8. The van der Waals surface area contributed by atoms with Crippen molar-refractivity contribution in [3.8, 4) is 6.07 Å². The molecule has 2 rings (SSSR count). The van der Waals surface area contributed by atoms with Crippen LogP contribution >= 0.6 is 11.6 Å². The van der Waals surface area contributed by atoms with Crippen molar-refractivity contribution < 1.29 is 8.78 Å². The summed E-state index contributed by atoms with van der Waals surface area (Å²) in [6.45, 7) is 0.0437. The molecule has 1 N–H and O–H groups in total. The van der Waals surface area contributed by atoms with Gasteiger partial charge in [0.1, 0.15) is 17.7 Å². The molecule has 0 saturated carbocycles. The van der Waals surface area contributed by atoms with Crippen LogP contribution in [0.25, 0.3) is 0 Å². The molecule has 0 aliphatic heterocycles. The highest BCUT2D eigenvalue weighted by atomic mass is 35.5. The summed E-state index contributed by atoms with van der Waals surface area (Å²) in [6, 6.07) is 10.5. The van der Waals surface area contributed by atoms with Gasteiger partial charge in [0.05, 0.1) is 16.3 Å². The fourth-order valence-electron chi connectivity index (χ4n) is 1.65. The first-order chi connectivity index (χ1) is 9.13. The Morgan fingerprint density at radius 2 is 1.89 bits per heavy atom. The Hall–Kier alpha value is -2.12. The zero-order valence-corrected chi connectivity index (χ0v) is 10.5. The molecular weight excluding hydrogens is 270 g/mol. The molecule has 5 heteroatoms. The zero-order valence-electron chi connectivity index (χ0n) is 9.75. The van der Waals surface area contributed by atoms with E-state index in [1.54, 1.807) is 12.1 Å². The minimum Gasteiger partial charge on any atom is -0.377 e. The van der Waals surface area contributed by atoms with Crippen molar-refractivity contribution in [1.29, 1.82) is 5.26 Å². The molecule has 0 fully saturated rings. The number of hydrogen-bond acceptors (Lipinski definition) is 2. The largest absolute Gasteiger partial charge is 0.377 e. The molecular formula is C14H9ClF2N2. The monoisotopic (exact) mass is 278 g/mol. The van der Waals surface area contributed by atoms with E-state index in [0.717, 1.165) is 0 Å². The second-order valence-electron chi connectivity index (χ2n) is 3.84. The Labute approximate surface area is 114 Å². The molecule has 0 atom stereocenters. The number of nitrogens with one attached hydrogen (secondary N) is 1. The molecule has 96 valence electrons. The zero-order chi connectivity index (χ0) is 13.8. The van der Waals surface area contributed by atoms with Crippen LogP contribution in [-0.4, -0.2) is 0 Å². The Morgan fingerprint density at radius 3 is 2.58 bits per heavy atom. The number of nitrogens with zero attached hydrogens (tertiary/aromatic N) is 1. The van der Waals surface area contributed by atoms with E-state index >= 15 is 0 Å². The van der Waals surface area contributed by atoms with Crippen molar-refractivity contribution >= 4 is 17.3 Å². The van der Waals surface area contributed by atoms with Gasteiger partial charge in [0.15, 0.2) is 0 Å². The van der Waals surface area contributed by atoms with E-state index in [1.165, 1.54) is 30.3 Å². The smallest absolute Gasteiger partial charge is 0.147 e. The Balaban J connectivity index is 2.22. The summed E-state index contributed by atoms with van der Waals surface area (Å²) in [6.07, 6.45) is 0. The highest BCUT2D eigenvalue weighted by Gasteiger charge is 2.10. The van der Waals surface area contributed by atoms with Gasteiger partial charge in [-0.15, -0.1) is 0 Å². The van der Waals surface area contributed by atoms with E-state index in [2.05, 4.69) is 5.32 Å². The fourth-order valence-corrected chi connectivity index (χ4v) is 1.88. The first kappa shape index (κ1) is 13.3. The van der Waals surface area contributed by atoms with Crippen molar-refractivity contribution in [2.75, 3.05) is 5.32 Å². The van der Waals surface area contributed by atoms with E-state index in [-0.39, 0.29) is 28.4 Å². The quantitative estimate of drug-likeness (QED) is 0.917. The Kier molecular flexibility index (Phi) is 3.98. The van der Waals surface area contributed by atoms with Crippen LogP contribution in [0.2, 0.25) is 5.02 Å². The lowest BCUT2D eigenvalue weighted by Gasteiger charge is -2.10. The molecule has 0 bridgehead atoms. The van der Waals surface area contributed by atoms with Gasteiger partial charge in [-0.3, -0.25) is 0 Å². The minimum atomic E-state index is -0.607. The SMILES string of the molecule is N#Cc1cccc(CNc2c(F)cccc2Cl)c1F. The van der Waals surface area contributed by atoms with Crippen molar-refractivity contribution in [3.05, 3.63) is 64.2 Å². The highest BCUT2D eigenvalue weighted by Crippen LogP contribution is 2.25. The maximum atomic E-state index is 13.8. The van der Waals surface area contributed by atoms with Gasteiger partial charge in [-0.05, 0) is 18.2 Å². The molecule has 2 nitrogen and oxygen atoms in total. The fraction of sp³-hybridized carbons (Fsp3) is 0.0714. The van der Waals surface area contributed by atoms with Gasteiger partial charge in [-0.25, -0.2) is 8.78 Å². The first-order valence-electron chi connectivity index (χ1n) is 5.49. The number of para-hydroxylation sites is 1. The average Bonchev–Trinajstić information content (AvgIpc) is 2.40. The molecule has 0 aliphatic rings. The van der Waals surface area contributed by atoms with Gasteiger partial charge < -0.3 is 5.32 Å². The lowest BCUT2D eigenvalue weighted by molar-refractivity contribution is 0.607. The molecule has 0 saturated heterocycles. The summed E-state index contributed by atoms with van der Waals surface area (Å²) in [5.74, 6) is -1.12. The Morgan fingerprint density at radius 1 is 1.16 bits per heavy atom. The number of halogens is 3.